The number of benzene rings is 7. The quantitative estimate of drug-likeness (QED) is 0.135. The molecule has 0 aromatic heterocycles. The lowest BCUT2D eigenvalue weighted by atomic mass is 9.48. The second-order valence-corrected chi connectivity index (χ2v) is 22.3. The number of rotatable bonds is 10. The fourth-order valence-corrected chi connectivity index (χ4v) is 14.7. The molecule has 0 aliphatic heterocycles. The van der Waals surface area contributed by atoms with Crippen molar-refractivity contribution in [1.82, 2.24) is 0 Å². The van der Waals surface area contributed by atoms with Crippen LogP contribution >= 0.6 is 0 Å². The van der Waals surface area contributed by atoms with Crippen molar-refractivity contribution in [3.63, 3.8) is 0 Å². The van der Waals surface area contributed by atoms with Crippen LogP contribution in [0.15, 0.2) is 176 Å². The van der Waals surface area contributed by atoms with Gasteiger partial charge in [0.05, 0.1) is 0 Å². The molecule has 7 aromatic rings. The first-order chi connectivity index (χ1) is 32.2. The first-order valence-corrected chi connectivity index (χ1v) is 25.4. The van der Waals surface area contributed by atoms with Gasteiger partial charge in [-0.3, -0.25) is 0 Å². The van der Waals surface area contributed by atoms with Crippen molar-refractivity contribution in [2.75, 3.05) is 9.80 Å². The summed E-state index contributed by atoms with van der Waals surface area (Å²) in [5, 5.41) is 0. The molecule has 2 atom stereocenters. The molecule has 0 saturated heterocycles. The molecule has 2 unspecified atom stereocenters. The zero-order valence-corrected chi connectivity index (χ0v) is 39.6. The highest BCUT2D eigenvalue weighted by molar-refractivity contribution is 5.85. The van der Waals surface area contributed by atoms with E-state index in [1.54, 1.807) is 5.56 Å². The lowest BCUT2D eigenvalue weighted by Gasteiger charge is -2.57. The predicted molar refractivity (Wildman–Crippen MR) is 277 cm³/mol. The van der Waals surface area contributed by atoms with Crippen molar-refractivity contribution < 1.29 is 0 Å². The van der Waals surface area contributed by atoms with Crippen LogP contribution in [0.4, 0.5) is 34.1 Å². The summed E-state index contributed by atoms with van der Waals surface area (Å²) in [6, 6.07) is 67.4. The molecule has 6 aliphatic rings. The Bertz CT molecular complexity index is 2800. The summed E-state index contributed by atoms with van der Waals surface area (Å²) in [6.07, 6.45) is 13.5. The Labute approximate surface area is 394 Å². The van der Waals surface area contributed by atoms with Gasteiger partial charge in [-0.1, -0.05) is 144 Å². The molecule has 0 heterocycles. The smallest absolute Gasteiger partial charge is 0.0465 e. The molecule has 5 saturated carbocycles. The van der Waals surface area contributed by atoms with Crippen molar-refractivity contribution in [2.45, 2.75) is 108 Å². The van der Waals surface area contributed by atoms with E-state index < -0.39 is 0 Å². The molecule has 0 amide bonds. The highest BCUT2D eigenvalue weighted by atomic mass is 15.1. The third kappa shape index (κ3) is 6.96. The molecule has 66 heavy (non-hydrogen) atoms. The Balaban J connectivity index is 0.894. The molecule has 2 heteroatoms. The van der Waals surface area contributed by atoms with E-state index in [-0.39, 0.29) is 10.8 Å². The Morgan fingerprint density at radius 2 is 0.879 bits per heavy atom. The molecule has 0 N–H and O–H groups in total. The standard InChI is InChI=1S/C64H66N2/c1-44(2)48-14-13-35-64(43-48,51-25-31-56(32-26-51)66(53-17-9-6-10-18-53)57-33-34-59-58-19-11-12-20-60(58)62(3,4)61(59)39-57)50-23-29-55(30-24-50)65(52-15-7-5-8-16-52)54-27-21-49(22-28-54)63-40-45-36-46(41-63)38-47(37-45)42-63/h5-12,15-34,39,44-48H,13-14,35-38,40-43H2,1-4H3. The van der Waals surface area contributed by atoms with Crippen LogP contribution in [0, 0.1) is 29.6 Å². The van der Waals surface area contributed by atoms with Crippen molar-refractivity contribution in [3.05, 3.63) is 204 Å². The number of hydrogen-bond donors (Lipinski definition) is 0. The van der Waals surface area contributed by atoms with Crippen LogP contribution in [-0.4, -0.2) is 0 Å². The van der Waals surface area contributed by atoms with Crippen LogP contribution in [-0.2, 0) is 16.2 Å². The van der Waals surface area contributed by atoms with Gasteiger partial charge in [0.2, 0.25) is 0 Å². The van der Waals surface area contributed by atoms with Crippen LogP contribution in [0.1, 0.15) is 120 Å². The second kappa shape index (κ2) is 16.2. The van der Waals surface area contributed by atoms with Gasteiger partial charge in [0.1, 0.15) is 0 Å². The zero-order valence-electron chi connectivity index (χ0n) is 39.6. The molecular formula is C64H66N2. The SMILES string of the molecule is CC(C)C1CCCC(c2ccc(N(c3ccccc3)c3ccc(C45CC6CC(CC(C6)C4)C5)cc3)cc2)(c2ccc(N(c3ccccc3)c3ccc4c(c3)C(C)(C)c3ccccc3-4)cc2)C1. The molecular weight excluding hydrogens is 797 g/mol. The summed E-state index contributed by atoms with van der Waals surface area (Å²) in [5.41, 5.74) is 17.5. The van der Waals surface area contributed by atoms with Crippen molar-refractivity contribution in [3.8, 4) is 11.1 Å². The molecule has 0 radical (unpaired) electrons. The lowest BCUT2D eigenvalue weighted by Crippen LogP contribution is -2.48. The van der Waals surface area contributed by atoms with Gasteiger partial charge < -0.3 is 9.80 Å². The van der Waals surface area contributed by atoms with Gasteiger partial charge in [-0.2, -0.15) is 0 Å². The maximum absolute atomic E-state index is 2.50. The van der Waals surface area contributed by atoms with Gasteiger partial charge in [0.25, 0.3) is 0 Å². The second-order valence-electron chi connectivity index (χ2n) is 22.3. The van der Waals surface area contributed by atoms with E-state index in [0.717, 1.165) is 24.2 Å². The van der Waals surface area contributed by atoms with Gasteiger partial charge in [0.15, 0.2) is 0 Å². The van der Waals surface area contributed by atoms with Crippen LogP contribution in [0.3, 0.4) is 0 Å². The van der Waals surface area contributed by atoms with Gasteiger partial charge in [-0.25, -0.2) is 0 Å². The molecule has 6 aliphatic carbocycles. The average molecular weight is 863 g/mol. The number of para-hydroxylation sites is 2. The Morgan fingerprint density at radius 1 is 0.439 bits per heavy atom. The van der Waals surface area contributed by atoms with Crippen molar-refractivity contribution >= 4 is 34.1 Å². The Kier molecular flexibility index (Phi) is 10.2. The number of hydrogen-bond acceptors (Lipinski definition) is 2. The van der Waals surface area contributed by atoms with E-state index in [4.69, 9.17) is 0 Å². The van der Waals surface area contributed by atoms with Crippen molar-refractivity contribution in [2.24, 2.45) is 29.6 Å². The molecule has 5 fully saturated rings. The number of fused-ring (bicyclic) bond motifs is 3. The third-order valence-electron chi connectivity index (χ3n) is 17.7. The van der Waals surface area contributed by atoms with Crippen LogP contribution in [0.25, 0.3) is 11.1 Å². The van der Waals surface area contributed by atoms with E-state index in [2.05, 4.69) is 213 Å². The minimum Gasteiger partial charge on any atom is -0.311 e. The summed E-state index contributed by atoms with van der Waals surface area (Å²) in [4.78, 5) is 4.93. The maximum atomic E-state index is 2.50. The predicted octanol–water partition coefficient (Wildman–Crippen LogP) is 17.5. The average Bonchev–Trinajstić information content (AvgIpc) is 3.57. The molecule has 332 valence electrons. The van der Waals surface area contributed by atoms with E-state index in [0.29, 0.717) is 17.3 Å². The molecule has 2 nitrogen and oxygen atoms in total. The summed E-state index contributed by atoms with van der Waals surface area (Å²) >= 11 is 0. The first kappa shape index (κ1) is 41.6. The lowest BCUT2D eigenvalue weighted by molar-refractivity contribution is -0.00518. The van der Waals surface area contributed by atoms with E-state index in [9.17, 15) is 0 Å². The summed E-state index contributed by atoms with van der Waals surface area (Å²) in [7, 11) is 0. The Hall–Kier alpha value is -5.86. The van der Waals surface area contributed by atoms with Gasteiger partial charge in [-0.05, 0) is 198 Å². The molecule has 4 bridgehead atoms. The highest BCUT2D eigenvalue weighted by Gasteiger charge is 2.51. The summed E-state index contributed by atoms with van der Waals surface area (Å²) in [5.74, 6) is 4.15. The largest absolute Gasteiger partial charge is 0.311 e. The van der Waals surface area contributed by atoms with Gasteiger partial charge >= 0.3 is 0 Å². The third-order valence-corrected chi connectivity index (χ3v) is 17.7. The van der Waals surface area contributed by atoms with E-state index in [1.165, 1.54) is 125 Å². The number of nitrogens with zero attached hydrogens (tertiary/aromatic N) is 2. The highest BCUT2D eigenvalue weighted by Crippen LogP contribution is 2.61. The van der Waals surface area contributed by atoms with Crippen molar-refractivity contribution in [1.29, 1.82) is 0 Å². The van der Waals surface area contributed by atoms with Gasteiger partial charge in [0, 0.05) is 45.0 Å². The summed E-state index contributed by atoms with van der Waals surface area (Å²) < 4.78 is 0. The van der Waals surface area contributed by atoms with Crippen LogP contribution in [0.5, 0.6) is 0 Å². The molecule has 7 aromatic carbocycles. The monoisotopic (exact) mass is 863 g/mol. The first-order valence-electron chi connectivity index (χ1n) is 25.4. The molecule has 13 rings (SSSR count). The fourth-order valence-electron chi connectivity index (χ4n) is 14.7. The minimum atomic E-state index is -0.0689. The zero-order chi connectivity index (χ0) is 44.6. The minimum absolute atomic E-state index is 0.0672. The Morgan fingerprint density at radius 3 is 1.41 bits per heavy atom. The normalized spacial score (nSPS) is 25.7. The molecule has 0 spiro atoms. The van der Waals surface area contributed by atoms with E-state index >= 15 is 0 Å². The van der Waals surface area contributed by atoms with Gasteiger partial charge in [-0.15, -0.1) is 0 Å². The maximum Gasteiger partial charge on any atom is 0.0465 e. The topological polar surface area (TPSA) is 6.48 Å². The van der Waals surface area contributed by atoms with E-state index in [1.807, 2.05) is 0 Å². The summed E-state index contributed by atoms with van der Waals surface area (Å²) in [6.45, 7) is 9.63. The van der Waals surface area contributed by atoms with Crippen LogP contribution in [0.2, 0.25) is 0 Å². The number of anilines is 6. The van der Waals surface area contributed by atoms with Crippen LogP contribution < -0.4 is 9.80 Å². The fraction of sp³-hybridized carbons (Fsp3) is 0.344.